The number of likely N-dealkylation sites (N-methyl/N-ethyl adjacent to an activating group) is 1. The summed E-state index contributed by atoms with van der Waals surface area (Å²) in [5.74, 6) is 0. The normalized spacial score (nSPS) is 12.7. The summed E-state index contributed by atoms with van der Waals surface area (Å²) >= 11 is 1.89. The zero-order valence-electron chi connectivity index (χ0n) is 12.5. The van der Waals surface area contributed by atoms with Crippen LogP contribution < -0.4 is 5.32 Å². The van der Waals surface area contributed by atoms with Gasteiger partial charge in [0, 0.05) is 15.8 Å². The summed E-state index contributed by atoms with van der Waals surface area (Å²) in [5.41, 5.74) is 5.65. The monoisotopic (exact) mass is 273 g/mol. The molecule has 102 valence electrons. The Kier molecular flexibility index (Phi) is 4.43. The molecule has 1 unspecified atom stereocenters. The van der Waals surface area contributed by atoms with Crippen LogP contribution in [-0.2, 0) is 6.42 Å². The van der Waals surface area contributed by atoms with Gasteiger partial charge in [0.15, 0.2) is 0 Å². The van der Waals surface area contributed by atoms with Crippen molar-refractivity contribution in [1.29, 1.82) is 0 Å². The lowest BCUT2D eigenvalue weighted by Gasteiger charge is -2.18. The summed E-state index contributed by atoms with van der Waals surface area (Å²) in [7, 11) is 2.05. The van der Waals surface area contributed by atoms with E-state index in [4.69, 9.17) is 0 Å². The second-order valence-electron chi connectivity index (χ2n) is 5.37. The minimum atomic E-state index is 0.416. The molecule has 0 spiro atoms. The number of rotatable bonds is 4. The summed E-state index contributed by atoms with van der Waals surface area (Å²) in [5, 5.41) is 3.46. The molecule has 0 saturated heterocycles. The lowest BCUT2D eigenvalue weighted by atomic mass is 9.94. The van der Waals surface area contributed by atoms with E-state index in [1.807, 2.05) is 11.3 Å². The van der Waals surface area contributed by atoms with Crippen LogP contribution in [0.15, 0.2) is 24.3 Å². The average molecular weight is 273 g/mol. The summed E-state index contributed by atoms with van der Waals surface area (Å²) in [6, 6.07) is 9.45. The van der Waals surface area contributed by atoms with Gasteiger partial charge in [-0.15, -0.1) is 11.3 Å². The molecular weight excluding hydrogens is 250 g/mol. The second-order valence-corrected chi connectivity index (χ2v) is 6.69. The third-order valence-electron chi connectivity index (χ3n) is 3.70. The van der Waals surface area contributed by atoms with Crippen molar-refractivity contribution in [2.75, 3.05) is 7.05 Å². The highest BCUT2D eigenvalue weighted by Gasteiger charge is 2.15. The molecule has 1 aromatic heterocycles. The van der Waals surface area contributed by atoms with Crippen LogP contribution in [0.1, 0.15) is 38.0 Å². The van der Waals surface area contributed by atoms with Gasteiger partial charge in [-0.05, 0) is 70.0 Å². The van der Waals surface area contributed by atoms with E-state index in [0.717, 1.165) is 6.42 Å². The maximum atomic E-state index is 3.46. The van der Waals surface area contributed by atoms with Crippen LogP contribution in [0.25, 0.3) is 0 Å². The Morgan fingerprint density at radius 3 is 2.16 bits per heavy atom. The van der Waals surface area contributed by atoms with Crippen LogP contribution in [0.5, 0.6) is 0 Å². The SMILES string of the molecule is CNC(Cc1c(C)cc(C)cc1C)c1ccc(C)s1. The van der Waals surface area contributed by atoms with Gasteiger partial charge in [-0.2, -0.15) is 0 Å². The van der Waals surface area contributed by atoms with Crippen LogP contribution in [0, 0.1) is 27.7 Å². The van der Waals surface area contributed by atoms with E-state index in [1.165, 1.54) is 32.0 Å². The predicted octanol–water partition coefficient (Wildman–Crippen LogP) is 4.48. The lowest BCUT2D eigenvalue weighted by Crippen LogP contribution is -2.18. The van der Waals surface area contributed by atoms with Crippen molar-refractivity contribution in [3.63, 3.8) is 0 Å². The number of benzene rings is 1. The smallest absolute Gasteiger partial charge is 0.0453 e. The fraction of sp³-hybridized carbons (Fsp3) is 0.412. The number of nitrogens with one attached hydrogen (secondary N) is 1. The van der Waals surface area contributed by atoms with Gasteiger partial charge in [-0.3, -0.25) is 0 Å². The van der Waals surface area contributed by atoms with Gasteiger partial charge in [-0.25, -0.2) is 0 Å². The van der Waals surface area contributed by atoms with Gasteiger partial charge in [0.25, 0.3) is 0 Å². The van der Waals surface area contributed by atoms with Crippen molar-refractivity contribution in [3.8, 4) is 0 Å². The van der Waals surface area contributed by atoms with E-state index in [0.29, 0.717) is 6.04 Å². The molecule has 2 rings (SSSR count). The molecule has 1 atom stereocenters. The Balaban J connectivity index is 2.28. The van der Waals surface area contributed by atoms with Crippen LogP contribution >= 0.6 is 11.3 Å². The highest BCUT2D eigenvalue weighted by Crippen LogP contribution is 2.28. The Labute approximate surface area is 120 Å². The first-order valence-corrected chi connectivity index (χ1v) is 7.63. The number of aryl methyl sites for hydroxylation is 4. The Hall–Kier alpha value is -1.12. The van der Waals surface area contributed by atoms with E-state index in [-0.39, 0.29) is 0 Å². The summed E-state index contributed by atoms with van der Waals surface area (Å²) in [6.45, 7) is 8.79. The quantitative estimate of drug-likeness (QED) is 0.865. The van der Waals surface area contributed by atoms with E-state index in [2.05, 4.69) is 64.3 Å². The largest absolute Gasteiger partial charge is 0.312 e. The molecule has 1 aromatic carbocycles. The van der Waals surface area contributed by atoms with E-state index >= 15 is 0 Å². The maximum Gasteiger partial charge on any atom is 0.0453 e. The number of hydrogen-bond acceptors (Lipinski definition) is 2. The molecule has 1 nitrogen and oxygen atoms in total. The van der Waals surface area contributed by atoms with Gasteiger partial charge < -0.3 is 5.32 Å². The highest BCUT2D eigenvalue weighted by molar-refractivity contribution is 7.12. The van der Waals surface area contributed by atoms with E-state index < -0.39 is 0 Å². The Bertz CT molecular complexity index is 545. The Morgan fingerprint density at radius 2 is 1.68 bits per heavy atom. The molecule has 0 amide bonds. The molecule has 2 heteroatoms. The van der Waals surface area contributed by atoms with Crippen molar-refractivity contribution in [3.05, 3.63) is 56.3 Å². The molecule has 0 bridgehead atoms. The van der Waals surface area contributed by atoms with Crippen molar-refractivity contribution >= 4 is 11.3 Å². The van der Waals surface area contributed by atoms with Gasteiger partial charge in [0.1, 0.15) is 0 Å². The molecule has 0 aliphatic heterocycles. The molecule has 0 aliphatic rings. The van der Waals surface area contributed by atoms with Crippen molar-refractivity contribution in [1.82, 2.24) is 5.32 Å². The number of thiophene rings is 1. The van der Waals surface area contributed by atoms with Gasteiger partial charge in [0.05, 0.1) is 0 Å². The summed E-state index contributed by atoms with van der Waals surface area (Å²) in [6.07, 6.45) is 1.06. The second kappa shape index (κ2) is 5.89. The van der Waals surface area contributed by atoms with E-state index in [9.17, 15) is 0 Å². The van der Waals surface area contributed by atoms with Crippen LogP contribution in [0.2, 0.25) is 0 Å². The third-order valence-corrected chi connectivity index (χ3v) is 4.82. The maximum absolute atomic E-state index is 3.46. The first kappa shape index (κ1) is 14.3. The molecule has 2 aromatic rings. The van der Waals surface area contributed by atoms with Crippen molar-refractivity contribution < 1.29 is 0 Å². The predicted molar refractivity (Wildman–Crippen MR) is 85.2 cm³/mol. The molecule has 0 fully saturated rings. The fourth-order valence-corrected chi connectivity index (χ4v) is 3.71. The lowest BCUT2D eigenvalue weighted by molar-refractivity contribution is 0.599. The molecule has 0 radical (unpaired) electrons. The van der Waals surface area contributed by atoms with Crippen LogP contribution in [0.3, 0.4) is 0 Å². The number of hydrogen-bond donors (Lipinski definition) is 1. The van der Waals surface area contributed by atoms with Gasteiger partial charge in [0.2, 0.25) is 0 Å². The van der Waals surface area contributed by atoms with E-state index in [1.54, 1.807) is 0 Å². The minimum Gasteiger partial charge on any atom is -0.312 e. The average Bonchev–Trinajstić information content (AvgIpc) is 2.75. The van der Waals surface area contributed by atoms with Crippen LogP contribution in [-0.4, -0.2) is 7.05 Å². The molecule has 0 aliphatic carbocycles. The summed E-state index contributed by atoms with van der Waals surface area (Å²) in [4.78, 5) is 2.81. The zero-order valence-corrected chi connectivity index (χ0v) is 13.3. The molecule has 0 saturated carbocycles. The molecule has 1 heterocycles. The van der Waals surface area contributed by atoms with Crippen molar-refractivity contribution in [2.24, 2.45) is 0 Å². The first-order chi connectivity index (χ1) is 9.01. The third kappa shape index (κ3) is 3.26. The van der Waals surface area contributed by atoms with Crippen LogP contribution in [0.4, 0.5) is 0 Å². The molecule has 1 N–H and O–H groups in total. The molecular formula is C17H23NS. The minimum absolute atomic E-state index is 0.416. The van der Waals surface area contributed by atoms with Gasteiger partial charge >= 0.3 is 0 Å². The van der Waals surface area contributed by atoms with Crippen molar-refractivity contribution in [2.45, 2.75) is 40.2 Å². The highest BCUT2D eigenvalue weighted by atomic mass is 32.1. The Morgan fingerprint density at radius 1 is 1.05 bits per heavy atom. The molecule has 19 heavy (non-hydrogen) atoms. The van der Waals surface area contributed by atoms with Gasteiger partial charge in [-0.1, -0.05) is 17.7 Å². The standard InChI is InChI=1S/C17H23NS/c1-11-8-12(2)15(13(3)9-11)10-16(18-5)17-7-6-14(4)19-17/h6-9,16,18H,10H2,1-5H3. The first-order valence-electron chi connectivity index (χ1n) is 6.81. The zero-order chi connectivity index (χ0) is 14.0. The summed E-state index contributed by atoms with van der Waals surface area (Å²) < 4.78 is 0. The topological polar surface area (TPSA) is 12.0 Å². The fourth-order valence-electron chi connectivity index (χ4n) is 2.72.